The highest BCUT2D eigenvalue weighted by molar-refractivity contribution is 7.99. The van der Waals surface area contributed by atoms with E-state index >= 15 is 0 Å². The van der Waals surface area contributed by atoms with Crippen LogP contribution in [0, 0.1) is 10.1 Å². The van der Waals surface area contributed by atoms with Gasteiger partial charge in [0.25, 0.3) is 0 Å². The van der Waals surface area contributed by atoms with Gasteiger partial charge in [0.05, 0.1) is 16.6 Å². The smallest absolute Gasteiger partial charge is 0.311 e. The van der Waals surface area contributed by atoms with Crippen molar-refractivity contribution in [3.8, 4) is 0 Å². The Bertz CT molecular complexity index is 372. The van der Waals surface area contributed by atoms with Gasteiger partial charge >= 0.3 is 5.69 Å². The van der Waals surface area contributed by atoms with E-state index in [9.17, 15) is 10.1 Å². The van der Waals surface area contributed by atoms with Crippen LogP contribution in [-0.4, -0.2) is 26.9 Å². The maximum absolute atomic E-state index is 10.5. The first-order valence-electron chi connectivity index (χ1n) is 4.23. The lowest BCUT2D eigenvalue weighted by Gasteiger charge is -2.06. The molecule has 0 spiro atoms. The molecule has 82 valence electrons. The monoisotopic (exact) mass is 229 g/mol. The number of hydrogen-bond acceptors (Lipinski definition) is 6. The second-order valence-electron chi connectivity index (χ2n) is 2.92. The van der Waals surface area contributed by atoms with Gasteiger partial charge in [-0.05, 0) is 6.07 Å². The Morgan fingerprint density at radius 1 is 1.73 bits per heavy atom. The molecule has 0 aliphatic heterocycles. The summed E-state index contributed by atoms with van der Waals surface area (Å²) >= 11 is 1.31. The summed E-state index contributed by atoms with van der Waals surface area (Å²) in [5, 5.41) is 19.8. The van der Waals surface area contributed by atoms with Gasteiger partial charge in [-0.25, -0.2) is 4.98 Å². The van der Waals surface area contributed by atoms with Gasteiger partial charge in [0, 0.05) is 11.3 Å². The van der Waals surface area contributed by atoms with Crippen molar-refractivity contribution in [3.63, 3.8) is 0 Å². The van der Waals surface area contributed by atoms with Gasteiger partial charge in [0.15, 0.2) is 0 Å². The van der Waals surface area contributed by atoms with Crippen molar-refractivity contribution in [3.05, 3.63) is 22.2 Å². The highest BCUT2D eigenvalue weighted by Gasteiger charge is 2.13. The Hall–Kier alpha value is -1.34. The van der Waals surface area contributed by atoms with Crippen LogP contribution in [0.5, 0.6) is 0 Å². The average Bonchev–Trinajstić information content (AvgIpc) is 2.17. The molecule has 0 aromatic carbocycles. The maximum Gasteiger partial charge on any atom is 0.311 e. The number of aliphatic hydroxyl groups is 1. The van der Waals surface area contributed by atoms with Gasteiger partial charge in [-0.1, -0.05) is 6.92 Å². The van der Waals surface area contributed by atoms with Crippen molar-refractivity contribution in [2.24, 2.45) is 0 Å². The summed E-state index contributed by atoms with van der Waals surface area (Å²) in [5.41, 5.74) is 5.21. The number of pyridine rings is 1. The van der Waals surface area contributed by atoms with Crippen LogP contribution < -0.4 is 5.73 Å². The topological polar surface area (TPSA) is 102 Å². The summed E-state index contributed by atoms with van der Waals surface area (Å²) in [6.45, 7) is 1.84. The van der Waals surface area contributed by atoms with E-state index in [2.05, 4.69) is 4.98 Å². The quantitative estimate of drug-likeness (QED) is 0.454. The number of rotatable bonds is 4. The third-order valence-electron chi connectivity index (χ3n) is 1.65. The summed E-state index contributed by atoms with van der Waals surface area (Å²) in [7, 11) is 0. The molecule has 1 aromatic rings. The molecule has 0 aliphatic carbocycles. The van der Waals surface area contributed by atoms with Crippen molar-refractivity contribution < 1.29 is 10.0 Å². The van der Waals surface area contributed by atoms with E-state index in [1.54, 1.807) is 0 Å². The second-order valence-corrected chi connectivity index (χ2v) is 4.38. The van der Waals surface area contributed by atoms with E-state index < -0.39 is 4.92 Å². The minimum atomic E-state index is -0.577. The maximum atomic E-state index is 10.5. The Morgan fingerprint density at radius 2 is 2.40 bits per heavy atom. The fourth-order valence-corrected chi connectivity index (χ4v) is 1.70. The van der Waals surface area contributed by atoms with Crippen molar-refractivity contribution in [2.45, 2.75) is 17.2 Å². The molecule has 0 amide bonds. The normalized spacial score (nSPS) is 12.4. The first-order valence-corrected chi connectivity index (χ1v) is 5.11. The minimum Gasteiger partial charge on any atom is -0.395 e. The predicted molar refractivity (Wildman–Crippen MR) is 57.7 cm³/mol. The summed E-state index contributed by atoms with van der Waals surface area (Å²) < 4.78 is 0. The SMILES string of the molecule is CC(CO)Sc1ccc([N+](=O)[O-])c(N)n1. The van der Waals surface area contributed by atoms with Crippen LogP contribution in [-0.2, 0) is 0 Å². The third-order valence-corrected chi connectivity index (χ3v) is 2.67. The van der Waals surface area contributed by atoms with Crippen LogP contribution in [0.3, 0.4) is 0 Å². The van der Waals surface area contributed by atoms with Crippen LogP contribution >= 0.6 is 11.8 Å². The Labute approximate surface area is 90.7 Å². The predicted octanol–water partition coefficient (Wildman–Crippen LogP) is 1.04. The number of nitro groups is 1. The number of nitrogens with two attached hydrogens (primary N) is 1. The lowest BCUT2D eigenvalue weighted by atomic mass is 10.4. The number of anilines is 1. The zero-order valence-electron chi connectivity index (χ0n) is 8.08. The fraction of sp³-hybridized carbons (Fsp3) is 0.375. The zero-order valence-corrected chi connectivity index (χ0v) is 8.90. The molecule has 0 aliphatic rings. The number of aromatic nitrogens is 1. The van der Waals surface area contributed by atoms with E-state index in [4.69, 9.17) is 10.8 Å². The van der Waals surface area contributed by atoms with Crippen LogP contribution in [0.1, 0.15) is 6.92 Å². The summed E-state index contributed by atoms with van der Waals surface area (Å²) in [5.74, 6) is -0.102. The number of nitrogen functional groups attached to an aromatic ring is 1. The lowest BCUT2D eigenvalue weighted by Crippen LogP contribution is -2.04. The number of aliphatic hydroxyl groups excluding tert-OH is 1. The van der Waals surface area contributed by atoms with Crippen LogP contribution in [0.4, 0.5) is 11.5 Å². The van der Waals surface area contributed by atoms with Crippen LogP contribution in [0.2, 0.25) is 0 Å². The van der Waals surface area contributed by atoms with E-state index in [0.717, 1.165) is 0 Å². The van der Waals surface area contributed by atoms with Crippen molar-refractivity contribution in [2.75, 3.05) is 12.3 Å². The molecular weight excluding hydrogens is 218 g/mol. The highest BCUT2D eigenvalue weighted by Crippen LogP contribution is 2.26. The molecule has 1 atom stereocenters. The molecule has 0 radical (unpaired) electrons. The molecule has 0 bridgehead atoms. The third kappa shape index (κ3) is 3.07. The molecular formula is C8H11N3O3S. The van der Waals surface area contributed by atoms with Gasteiger partial charge in [0.1, 0.15) is 0 Å². The average molecular weight is 229 g/mol. The van der Waals surface area contributed by atoms with E-state index in [0.29, 0.717) is 5.03 Å². The number of hydrogen-bond donors (Lipinski definition) is 2. The molecule has 7 heteroatoms. The van der Waals surface area contributed by atoms with E-state index in [-0.39, 0.29) is 23.4 Å². The molecule has 0 saturated carbocycles. The van der Waals surface area contributed by atoms with Gasteiger partial charge < -0.3 is 10.8 Å². The van der Waals surface area contributed by atoms with Crippen LogP contribution in [0.25, 0.3) is 0 Å². The minimum absolute atomic E-state index is 0.0154. The molecule has 1 unspecified atom stereocenters. The van der Waals surface area contributed by atoms with Crippen LogP contribution in [0.15, 0.2) is 17.2 Å². The van der Waals surface area contributed by atoms with E-state index in [1.165, 1.54) is 23.9 Å². The van der Waals surface area contributed by atoms with Gasteiger partial charge in [-0.3, -0.25) is 10.1 Å². The highest BCUT2D eigenvalue weighted by atomic mass is 32.2. The molecule has 0 fully saturated rings. The summed E-state index contributed by atoms with van der Waals surface area (Å²) in [4.78, 5) is 13.7. The lowest BCUT2D eigenvalue weighted by molar-refractivity contribution is -0.384. The number of thioether (sulfide) groups is 1. The first kappa shape index (κ1) is 11.7. The molecule has 0 saturated heterocycles. The molecule has 15 heavy (non-hydrogen) atoms. The fourth-order valence-electron chi connectivity index (χ4n) is 0.912. The standard InChI is InChI=1S/C8H11N3O3S/c1-5(4-12)15-7-3-2-6(11(13)14)8(9)10-7/h2-3,5,12H,4H2,1H3,(H2,9,10). The largest absolute Gasteiger partial charge is 0.395 e. The van der Waals surface area contributed by atoms with E-state index in [1.807, 2.05) is 6.92 Å². The molecule has 1 heterocycles. The molecule has 3 N–H and O–H groups in total. The Balaban J connectivity index is 2.87. The Kier molecular flexibility index (Phi) is 3.87. The number of nitrogens with zero attached hydrogens (tertiary/aromatic N) is 2. The zero-order chi connectivity index (χ0) is 11.4. The summed E-state index contributed by atoms with van der Waals surface area (Å²) in [6.07, 6.45) is 0. The van der Waals surface area contributed by atoms with Crippen molar-refractivity contribution >= 4 is 23.3 Å². The van der Waals surface area contributed by atoms with Crippen molar-refractivity contribution in [1.29, 1.82) is 0 Å². The summed E-state index contributed by atoms with van der Waals surface area (Å²) in [6, 6.07) is 2.83. The Morgan fingerprint density at radius 3 is 2.87 bits per heavy atom. The molecule has 1 rings (SSSR count). The van der Waals surface area contributed by atoms with Gasteiger partial charge in [-0.2, -0.15) is 0 Å². The van der Waals surface area contributed by atoms with Crippen molar-refractivity contribution in [1.82, 2.24) is 4.98 Å². The molecule has 6 nitrogen and oxygen atoms in total. The van der Waals surface area contributed by atoms with Gasteiger partial charge in [0.2, 0.25) is 5.82 Å². The molecule has 1 aromatic heterocycles. The first-order chi connectivity index (χ1) is 7.04. The second kappa shape index (κ2) is 4.94. The van der Waals surface area contributed by atoms with Gasteiger partial charge in [-0.15, -0.1) is 11.8 Å².